The highest BCUT2D eigenvalue weighted by Crippen LogP contribution is 2.45. The second kappa shape index (κ2) is 8.09. The van der Waals surface area contributed by atoms with E-state index in [2.05, 4.69) is 84.9 Å². The molecule has 1 fully saturated rings. The third-order valence-electron chi connectivity index (χ3n) is 7.92. The molecule has 0 spiro atoms. The molecule has 1 aliphatic carbocycles. The number of aromatic nitrogens is 1. The van der Waals surface area contributed by atoms with Crippen LogP contribution in [0.25, 0.3) is 27.5 Å². The van der Waals surface area contributed by atoms with Crippen molar-refractivity contribution in [3.8, 4) is 11.1 Å². The first kappa shape index (κ1) is 20.5. The molecule has 7 rings (SSSR count). The van der Waals surface area contributed by atoms with Crippen molar-refractivity contribution in [2.24, 2.45) is 0 Å². The molecule has 3 aliphatic rings. The summed E-state index contributed by atoms with van der Waals surface area (Å²) in [6.07, 6.45) is 6.74. The summed E-state index contributed by atoms with van der Waals surface area (Å²) >= 11 is 0. The monoisotopic (exact) mass is 458 g/mol. The number of rotatable bonds is 3. The fraction of sp³-hybridized carbons (Fsp3) is 0.226. The summed E-state index contributed by atoms with van der Waals surface area (Å²) in [6, 6.07) is 27.6. The molecule has 172 valence electrons. The minimum absolute atomic E-state index is 0.0696. The number of carbonyl (C=O) groups excluding carboxylic acids is 1. The molecule has 4 heteroatoms. The van der Waals surface area contributed by atoms with Gasteiger partial charge in [-0.1, -0.05) is 78.9 Å². The quantitative estimate of drug-likeness (QED) is 0.339. The summed E-state index contributed by atoms with van der Waals surface area (Å²) in [5.74, 6) is 0.0831. The van der Waals surface area contributed by atoms with E-state index < -0.39 is 0 Å². The molecule has 0 N–H and O–H groups in total. The molecule has 2 unspecified atom stereocenters. The maximum atomic E-state index is 13.4. The van der Waals surface area contributed by atoms with Crippen LogP contribution in [0, 0.1) is 0 Å². The number of ether oxygens (including phenoxy) is 1. The molecule has 2 atom stereocenters. The third kappa shape index (κ3) is 3.28. The number of hydrogen-bond acceptors (Lipinski definition) is 3. The Morgan fingerprint density at radius 1 is 0.886 bits per heavy atom. The number of hydrogen-bond donors (Lipinski definition) is 0. The van der Waals surface area contributed by atoms with E-state index in [-0.39, 0.29) is 24.1 Å². The molecule has 2 bridgehead atoms. The van der Waals surface area contributed by atoms with Crippen LogP contribution in [0.3, 0.4) is 0 Å². The van der Waals surface area contributed by atoms with Crippen LogP contribution in [0.5, 0.6) is 0 Å². The Morgan fingerprint density at radius 3 is 2.37 bits per heavy atom. The van der Waals surface area contributed by atoms with E-state index >= 15 is 0 Å². The molecule has 1 aromatic heterocycles. The largest absolute Gasteiger partial charge is 0.448 e. The minimum atomic E-state index is -0.194. The van der Waals surface area contributed by atoms with Gasteiger partial charge in [-0.15, -0.1) is 0 Å². The SMILES string of the molecule is O=C(OCC1c2ccccc2-c2ccccc21)N1C2C=C(c3nccc4ccccc34)CC1CC2. The summed E-state index contributed by atoms with van der Waals surface area (Å²) < 4.78 is 6.01. The zero-order valence-electron chi connectivity index (χ0n) is 19.4. The maximum absolute atomic E-state index is 13.4. The molecule has 3 aromatic carbocycles. The van der Waals surface area contributed by atoms with Gasteiger partial charge in [-0.3, -0.25) is 9.88 Å². The van der Waals surface area contributed by atoms with Gasteiger partial charge in [0.2, 0.25) is 0 Å². The van der Waals surface area contributed by atoms with Crippen LogP contribution in [0.2, 0.25) is 0 Å². The van der Waals surface area contributed by atoms with Gasteiger partial charge in [-0.25, -0.2) is 4.79 Å². The van der Waals surface area contributed by atoms with Gasteiger partial charge in [0.15, 0.2) is 0 Å². The van der Waals surface area contributed by atoms with Gasteiger partial charge in [0.1, 0.15) is 6.61 Å². The van der Waals surface area contributed by atoms with E-state index in [1.54, 1.807) is 0 Å². The fourth-order valence-electron chi connectivity index (χ4n) is 6.33. The van der Waals surface area contributed by atoms with Gasteiger partial charge >= 0.3 is 6.09 Å². The first-order chi connectivity index (χ1) is 17.3. The van der Waals surface area contributed by atoms with Crippen molar-refractivity contribution in [1.82, 2.24) is 9.88 Å². The van der Waals surface area contributed by atoms with Crippen molar-refractivity contribution in [3.63, 3.8) is 0 Å². The van der Waals surface area contributed by atoms with Crippen molar-refractivity contribution in [1.29, 1.82) is 0 Å². The number of fused-ring (bicyclic) bond motifs is 6. The van der Waals surface area contributed by atoms with E-state index in [1.165, 1.54) is 38.6 Å². The fourth-order valence-corrected chi connectivity index (χ4v) is 6.33. The Balaban J connectivity index is 1.13. The highest BCUT2D eigenvalue weighted by atomic mass is 16.6. The lowest BCUT2D eigenvalue weighted by Crippen LogP contribution is -2.43. The summed E-state index contributed by atoms with van der Waals surface area (Å²) in [4.78, 5) is 20.1. The predicted octanol–water partition coefficient (Wildman–Crippen LogP) is 6.80. The van der Waals surface area contributed by atoms with E-state index in [1.807, 2.05) is 11.1 Å². The van der Waals surface area contributed by atoms with E-state index in [4.69, 9.17) is 9.72 Å². The van der Waals surface area contributed by atoms with Crippen LogP contribution < -0.4 is 0 Å². The number of carbonyl (C=O) groups is 1. The standard InChI is InChI=1S/C31H26N2O2/c34-31(35-19-29-27-11-5-3-9-25(27)26-10-4-6-12-28(26)29)33-22-13-14-23(33)18-21(17-22)30-24-8-2-1-7-20(24)15-16-32-30/h1-12,15-17,22-23,29H,13-14,18-19H2. The first-order valence-corrected chi connectivity index (χ1v) is 12.5. The third-order valence-corrected chi connectivity index (χ3v) is 7.92. The van der Waals surface area contributed by atoms with Gasteiger partial charge in [0.05, 0.1) is 11.7 Å². The lowest BCUT2D eigenvalue weighted by Gasteiger charge is -2.33. The van der Waals surface area contributed by atoms with E-state index in [0.29, 0.717) is 6.61 Å². The maximum Gasteiger partial charge on any atom is 0.410 e. The van der Waals surface area contributed by atoms with Gasteiger partial charge in [0.25, 0.3) is 0 Å². The van der Waals surface area contributed by atoms with Crippen molar-refractivity contribution >= 4 is 22.4 Å². The summed E-state index contributed by atoms with van der Waals surface area (Å²) in [5, 5.41) is 2.37. The highest BCUT2D eigenvalue weighted by molar-refractivity contribution is 5.92. The van der Waals surface area contributed by atoms with Gasteiger partial charge in [-0.05, 0) is 58.5 Å². The van der Waals surface area contributed by atoms with Gasteiger partial charge in [-0.2, -0.15) is 0 Å². The van der Waals surface area contributed by atoms with Crippen LogP contribution in [0.15, 0.2) is 91.1 Å². The Hall–Kier alpha value is -3.92. The Kier molecular flexibility index (Phi) is 4.73. The second-order valence-electron chi connectivity index (χ2n) is 9.79. The lowest BCUT2D eigenvalue weighted by atomic mass is 9.95. The summed E-state index contributed by atoms with van der Waals surface area (Å²) in [5.41, 5.74) is 7.28. The normalized spacial score (nSPS) is 20.5. The average Bonchev–Trinajstić information content (AvgIpc) is 3.37. The molecule has 3 heterocycles. The van der Waals surface area contributed by atoms with Crippen LogP contribution in [0.4, 0.5) is 4.79 Å². The van der Waals surface area contributed by atoms with Crippen LogP contribution in [0.1, 0.15) is 42.0 Å². The Labute approximate surface area is 204 Å². The zero-order chi connectivity index (χ0) is 23.4. The average molecular weight is 459 g/mol. The van der Waals surface area contributed by atoms with Crippen molar-refractivity contribution < 1.29 is 9.53 Å². The molecular weight excluding hydrogens is 432 g/mol. The van der Waals surface area contributed by atoms with Crippen molar-refractivity contribution in [3.05, 3.63) is 108 Å². The molecule has 2 aliphatic heterocycles. The molecular formula is C31H26N2O2. The molecule has 0 saturated carbocycles. The first-order valence-electron chi connectivity index (χ1n) is 12.5. The smallest absolute Gasteiger partial charge is 0.410 e. The Bertz CT molecular complexity index is 1440. The summed E-state index contributed by atoms with van der Waals surface area (Å²) in [7, 11) is 0. The number of benzene rings is 3. The van der Waals surface area contributed by atoms with Gasteiger partial charge in [0, 0.05) is 23.5 Å². The van der Waals surface area contributed by atoms with Crippen LogP contribution in [-0.2, 0) is 4.74 Å². The van der Waals surface area contributed by atoms with E-state index in [9.17, 15) is 4.79 Å². The molecule has 35 heavy (non-hydrogen) atoms. The lowest BCUT2D eigenvalue weighted by molar-refractivity contribution is 0.0866. The molecule has 1 amide bonds. The summed E-state index contributed by atoms with van der Waals surface area (Å²) in [6.45, 7) is 0.365. The topological polar surface area (TPSA) is 42.4 Å². The van der Waals surface area contributed by atoms with E-state index in [0.717, 1.165) is 25.0 Å². The predicted molar refractivity (Wildman–Crippen MR) is 138 cm³/mol. The molecule has 4 nitrogen and oxygen atoms in total. The second-order valence-corrected chi connectivity index (χ2v) is 9.79. The minimum Gasteiger partial charge on any atom is -0.448 e. The highest BCUT2D eigenvalue weighted by Gasteiger charge is 2.41. The number of nitrogens with zero attached hydrogens (tertiary/aromatic N) is 2. The zero-order valence-corrected chi connectivity index (χ0v) is 19.4. The number of amides is 1. The van der Waals surface area contributed by atoms with Crippen molar-refractivity contribution in [2.75, 3.05) is 6.61 Å². The van der Waals surface area contributed by atoms with Gasteiger partial charge < -0.3 is 4.74 Å². The molecule has 1 saturated heterocycles. The Morgan fingerprint density at radius 2 is 1.60 bits per heavy atom. The van der Waals surface area contributed by atoms with Crippen LogP contribution in [-0.4, -0.2) is 34.7 Å². The molecule has 4 aromatic rings. The molecule has 0 radical (unpaired) electrons. The van der Waals surface area contributed by atoms with Crippen molar-refractivity contribution in [2.45, 2.75) is 37.3 Å². The van der Waals surface area contributed by atoms with Crippen LogP contribution >= 0.6 is 0 Å². The number of pyridine rings is 1.